The zero-order valence-electron chi connectivity index (χ0n) is 10.5. The van der Waals surface area contributed by atoms with Crippen LogP contribution in [0.15, 0.2) is 12.1 Å². The highest BCUT2D eigenvalue weighted by molar-refractivity contribution is 5.92. The van der Waals surface area contributed by atoms with Crippen LogP contribution in [0.4, 0.5) is 5.82 Å². The zero-order chi connectivity index (χ0) is 12.8. The summed E-state index contributed by atoms with van der Waals surface area (Å²) in [5, 5.41) is 13.8. The normalized spacial score (nSPS) is 14.3. The Kier molecular flexibility index (Phi) is 4.46. The SMILES string of the molecule is COCCCNc1ccc(C(=O)NC2CC2)nn1. The van der Waals surface area contributed by atoms with Gasteiger partial charge in [-0.3, -0.25) is 4.79 Å². The van der Waals surface area contributed by atoms with E-state index >= 15 is 0 Å². The third-order valence-corrected chi connectivity index (χ3v) is 2.64. The average Bonchev–Trinajstić information content (AvgIpc) is 3.19. The van der Waals surface area contributed by atoms with Crippen molar-refractivity contribution < 1.29 is 9.53 Å². The number of nitrogens with zero attached hydrogens (tertiary/aromatic N) is 2. The first-order valence-electron chi connectivity index (χ1n) is 6.17. The molecule has 0 radical (unpaired) electrons. The van der Waals surface area contributed by atoms with Crippen LogP contribution in [0.2, 0.25) is 0 Å². The van der Waals surface area contributed by atoms with Crippen LogP contribution in [0.3, 0.4) is 0 Å². The van der Waals surface area contributed by atoms with Crippen LogP contribution in [0.1, 0.15) is 29.8 Å². The van der Waals surface area contributed by atoms with Crippen molar-refractivity contribution >= 4 is 11.7 Å². The van der Waals surface area contributed by atoms with Crippen LogP contribution in [0.5, 0.6) is 0 Å². The minimum atomic E-state index is -0.143. The zero-order valence-corrected chi connectivity index (χ0v) is 10.5. The van der Waals surface area contributed by atoms with Crippen molar-refractivity contribution in [2.75, 3.05) is 25.6 Å². The smallest absolute Gasteiger partial charge is 0.272 e. The third-order valence-electron chi connectivity index (χ3n) is 2.64. The molecule has 1 amide bonds. The van der Waals surface area contributed by atoms with Crippen LogP contribution in [-0.2, 0) is 4.74 Å². The molecule has 2 N–H and O–H groups in total. The first-order chi connectivity index (χ1) is 8.79. The van der Waals surface area contributed by atoms with Crippen molar-refractivity contribution in [2.45, 2.75) is 25.3 Å². The van der Waals surface area contributed by atoms with Gasteiger partial charge in [-0.15, -0.1) is 10.2 Å². The minimum absolute atomic E-state index is 0.143. The molecular formula is C12H18N4O2. The van der Waals surface area contributed by atoms with E-state index in [1.165, 1.54) is 0 Å². The fourth-order valence-electron chi connectivity index (χ4n) is 1.47. The molecule has 0 saturated heterocycles. The molecule has 0 unspecified atom stereocenters. The number of hydrogen-bond donors (Lipinski definition) is 2. The number of hydrogen-bond acceptors (Lipinski definition) is 5. The molecule has 0 atom stereocenters. The number of carbonyl (C=O) groups is 1. The lowest BCUT2D eigenvalue weighted by atomic mass is 10.3. The third kappa shape index (κ3) is 3.96. The quantitative estimate of drug-likeness (QED) is 0.701. The molecule has 0 bridgehead atoms. The van der Waals surface area contributed by atoms with Gasteiger partial charge in [0.2, 0.25) is 0 Å². The van der Waals surface area contributed by atoms with Crippen LogP contribution >= 0.6 is 0 Å². The second kappa shape index (κ2) is 6.30. The monoisotopic (exact) mass is 250 g/mol. The van der Waals surface area contributed by atoms with Crippen molar-refractivity contribution in [1.29, 1.82) is 0 Å². The fourth-order valence-corrected chi connectivity index (χ4v) is 1.47. The molecule has 6 nitrogen and oxygen atoms in total. The second-order valence-electron chi connectivity index (χ2n) is 4.32. The number of aromatic nitrogens is 2. The standard InChI is InChI=1S/C12H18N4O2/c1-18-8-2-7-13-11-6-5-10(15-16-11)12(17)14-9-3-4-9/h5-6,9H,2-4,7-8H2,1H3,(H,13,16)(H,14,17). The van der Waals surface area contributed by atoms with Crippen LogP contribution in [0.25, 0.3) is 0 Å². The van der Waals surface area contributed by atoms with E-state index in [0.717, 1.165) is 25.8 Å². The van der Waals surface area contributed by atoms with Gasteiger partial charge in [0.05, 0.1) is 0 Å². The summed E-state index contributed by atoms with van der Waals surface area (Å²) in [4.78, 5) is 11.7. The van der Waals surface area contributed by atoms with Gasteiger partial charge in [0, 0.05) is 26.3 Å². The van der Waals surface area contributed by atoms with Crippen LogP contribution in [-0.4, -0.2) is 42.4 Å². The Balaban J connectivity index is 1.78. The van der Waals surface area contributed by atoms with E-state index in [9.17, 15) is 4.79 Å². The van der Waals surface area contributed by atoms with Crippen molar-refractivity contribution in [3.8, 4) is 0 Å². The topological polar surface area (TPSA) is 76.1 Å². The van der Waals surface area contributed by atoms with Crippen molar-refractivity contribution in [3.63, 3.8) is 0 Å². The molecule has 1 aliphatic rings. The van der Waals surface area contributed by atoms with E-state index in [1.54, 1.807) is 19.2 Å². The molecule has 18 heavy (non-hydrogen) atoms. The number of methoxy groups -OCH3 is 1. The molecule has 1 aromatic rings. The molecule has 1 aromatic heterocycles. The minimum Gasteiger partial charge on any atom is -0.385 e. The van der Waals surface area contributed by atoms with Gasteiger partial charge in [0.15, 0.2) is 5.69 Å². The Labute approximate surface area is 106 Å². The lowest BCUT2D eigenvalue weighted by Gasteiger charge is -2.05. The highest BCUT2D eigenvalue weighted by Crippen LogP contribution is 2.19. The molecule has 0 spiro atoms. The first-order valence-corrected chi connectivity index (χ1v) is 6.17. The lowest BCUT2D eigenvalue weighted by molar-refractivity contribution is 0.0945. The summed E-state index contributed by atoms with van der Waals surface area (Å²) in [6, 6.07) is 3.79. The molecule has 1 aliphatic carbocycles. The highest BCUT2D eigenvalue weighted by Gasteiger charge is 2.24. The Morgan fingerprint density at radius 3 is 2.89 bits per heavy atom. The molecule has 2 rings (SSSR count). The van der Waals surface area contributed by atoms with E-state index in [-0.39, 0.29) is 5.91 Å². The fraction of sp³-hybridized carbons (Fsp3) is 0.583. The molecule has 6 heteroatoms. The molecule has 0 aromatic carbocycles. The molecule has 1 saturated carbocycles. The Hall–Kier alpha value is -1.69. The Bertz CT molecular complexity index is 390. The molecule has 0 aliphatic heterocycles. The lowest BCUT2D eigenvalue weighted by Crippen LogP contribution is -2.26. The van der Waals surface area contributed by atoms with Crippen LogP contribution < -0.4 is 10.6 Å². The Morgan fingerprint density at radius 2 is 2.28 bits per heavy atom. The van der Waals surface area contributed by atoms with Crippen molar-refractivity contribution in [1.82, 2.24) is 15.5 Å². The molecule has 1 heterocycles. The largest absolute Gasteiger partial charge is 0.385 e. The number of anilines is 1. The molecule has 98 valence electrons. The van der Waals surface area contributed by atoms with Crippen molar-refractivity contribution in [2.24, 2.45) is 0 Å². The van der Waals surface area contributed by atoms with E-state index < -0.39 is 0 Å². The highest BCUT2D eigenvalue weighted by atomic mass is 16.5. The summed E-state index contributed by atoms with van der Waals surface area (Å²) in [7, 11) is 1.67. The van der Waals surface area contributed by atoms with Gasteiger partial charge in [0.1, 0.15) is 5.82 Å². The Morgan fingerprint density at radius 1 is 1.44 bits per heavy atom. The maximum atomic E-state index is 11.7. The number of nitrogens with one attached hydrogen (secondary N) is 2. The van der Waals surface area contributed by atoms with Gasteiger partial charge in [-0.05, 0) is 31.4 Å². The summed E-state index contributed by atoms with van der Waals surface area (Å²) in [5.41, 5.74) is 0.365. The van der Waals surface area contributed by atoms with E-state index in [4.69, 9.17) is 4.74 Å². The summed E-state index contributed by atoms with van der Waals surface area (Å²) >= 11 is 0. The molecule has 1 fully saturated rings. The number of rotatable bonds is 7. The van der Waals surface area contributed by atoms with Gasteiger partial charge >= 0.3 is 0 Å². The molecular weight excluding hydrogens is 232 g/mol. The predicted molar refractivity (Wildman–Crippen MR) is 67.5 cm³/mol. The van der Waals surface area contributed by atoms with E-state index in [0.29, 0.717) is 24.2 Å². The van der Waals surface area contributed by atoms with Gasteiger partial charge in [-0.1, -0.05) is 0 Å². The maximum Gasteiger partial charge on any atom is 0.272 e. The second-order valence-corrected chi connectivity index (χ2v) is 4.32. The summed E-state index contributed by atoms with van der Waals surface area (Å²) < 4.78 is 4.94. The number of carbonyl (C=O) groups excluding carboxylic acids is 1. The van der Waals surface area contributed by atoms with E-state index in [2.05, 4.69) is 20.8 Å². The number of amides is 1. The van der Waals surface area contributed by atoms with Gasteiger partial charge in [-0.25, -0.2) is 0 Å². The summed E-state index contributed by atoms with van der Waals surface area (Å²) in [6.45, 7) is 1.48. The van der Waals surface area contributed by atoms with Gasteiger partial charge in [-0.2, -0.15) is 0 Å². The summed E-state index contributed by atoms with van der Waals surface area (Å²) in [5.74, 6) is 0.532. The van der Waals surface area contributed by atoms with Crippen molar-refractivity contribution in [3.05, 3.63) is 17.8 Å². The number of ether oxygens (including phenoxy) is 1. The first kappa shape index (κ1) is 12.8. The van der Waals surface area contributed by atoms with Crippen LogP contribution in [0, 0.1) is 0 Å². The van der Waals surface area contributed by atoms with Gasteiger partial charge in [0.25, 0.3) is 5.91 Å². The average molecular weight is 250 g/mol. The van der Waals surface area contributed by atoms with E-state index in [1.807, 2.05) is 0 Å². The van der Waals surface area contributed by atoms with Gasteiger partial charge < -0.3 is 15.4 Å². The summed E-state index contributed by atoms with van der Waals surface area (Å²) in [6.07, 6.45) is 3.04. The predicted octanol–water partition coefficient (Wildman–Crippen LogP) is 0.817. The maximum absolute atomic E-state index is 11.7.